The minimum atomic E-state index is -0.0135. The van der Waals surface area contributed by atoms with Gasteiger partial charge in [0.05, 0.1) is 26.1 Å². The van der Waals surface area contributed by atoms with E-state index in [4.69, 9.17) is 38.0 Å². The molecule has 0 radical (unpaired) electrons. The predicted octanol–water partition coefficient (Wildman–Crippen LogP) is 2.30. The minimum absolute atomic E-state index is 0.0135. The molecule has 0 aromatic heterocycles. The fourth-order valence-electron chi connectivity index (χ4n) is 1.84. The zero-order valence-electron chi connectivity index (χ0n) is 10.7. The second-order valence-electron chi connectivity index (χ2n) is 4.11. The monoisotopic (exact) mass is 301 g/mol. The Morgan fingerprint density at radius 2 is 2.16 bits per heavy atom. The maximum atomic E-state index is 5.75. The largest absolute Gasteiger partial charge is 0.493 e. The Morgan fingerprint density at radius 1 is 1.42 bits per heavy atom. The van der Waals surface area contributed by atoms with Crippen LogP contribution in [0.15, 0.2) is 24.3 Å². The second-order valence-corrected chi connectivity index (χ2v) is 4.76. The van der Waals surface area contributed by atoms with Crippen LogP contribution in [0.5, 0.6) is 11.5 Å². The fraction of sp³-hybridized carbons (Fsp3) is 0.462. The lowest BCUT2D eigenvalue weighted by Crippen LogP contribution is -2.29. The third kappa shape index (κ3) is 3.64. The summed E-state index contributed by atoms with van der Waals surface area (Å²) in [6.07, 6.45) is -0.0135. The molecule has 19 heavy (non-hydrogen) atoms. The highest BCUT2D eigenvalue weighted by molar-refractivity contribution is 7.80. The lowest BCUT2D eigenvalue weighted by molar-refractivity contribution is 0.253. The van der Waals surface area contributed by atoms with Crippen molar-refractivity contribution in [2.75, 3.05) is 32.7 Å². The number of halogens is 1. The second kappa shape index (κ2) is 6.82. The van der Waals surface area contributed by atoms with Crippen LogP contribution in [-0.2, 0) is 4.74 Å². The van der Waals surface area contributed by atoms with Gasteiger partial charge in [-0.25, -0.2) is 0 Å². The van der Waals surface area contributed by atoms with E-state index in [-0.39, 0.29) is 6.10 Å². The first-order valence-corrected chi connectivity index (χ1v) is 6.96. The smallest absolute Gasteiger partial charge is 0.259 e. The van der Waals surface area contributed by atoms with Gasteiger partial charge in [0.1, 0.15) is 12.7 Å². The van der Waals surface area contributed by atoms with Gasteiger partial charge < -0.3 is 19.1 Å². The molecule has 1 atom stereocenters. The number of rotatable bonds is 6. The van der Waals surface area contributed by atoms with E-state index in [1.807, 2.05) is 29.2 Å². The highest BCUT2D eigenvalue weighted by atomic mass is 35.5. The van der Waals surface area contributed by atoms with Crippen LogP contribution in [0.2, 0.25) is 0 Å². The topological polar surface area (TPSA) is 30.9 Å². The molecule has 1 saturated heterocycles. The highest BCUT2D eigenvalue weighted by Crippen LogP contribution is 2.25. The van der Waals surface area contributed by atoms with Gasteiger partial charge in [0.15, 0.2) is 11.5 Å². The molecule has 1 fully saturated rings. The van der Waals surface area contributed by atoms with Gasteiger partial charge in [-0.05, 0) is 24.4 Å². The van der Waals surface area contributed by atoms with Crippen LogP contribution in [0, 0.1) is 0 Å². The Bertz CT molecular complexity index is 444. The molecule has 0 aliphatic carbocycles. The van der Waals surface area contributed by atoms with Gasteiger partial charge >= 0.3 is 0 Å². The van der Waals surface area contributed by atoms with Crippen LogP contribution in [0.25, 0.3) is 0 Å². The van der Waals surface area contributed by atoms with E-state index in [9.17, 15) is 0 Å². The number of nitrogens with zero attached hydrogens (tertiary/aromatic N) is 1. The Balaban J connectivity index is 1.82. The molecule has 1 unspecified atom stereocenters. The van der Waals surface area contributed by atoms with Gasteiger partial charge in [-0.1, -0.05) is 12.1 Å². The van der Waals surface area contributed by atoms with Crippen molar-refractivity contribution in [3.8, 4) is 11.5 Å². The van der Waals surface area contributed by atoms with E-state index in [1.54, 1.807) is 7.11 Å². The maximum Gasteiger partial charge on any atom is 0.259 e. The molecule has 1 aromatic carbocycles. The molecule has 104 valence electrons. The Morgan fingerprint density at radius 3 is 2.79 bits per heavy atom. The average molecular weight is 302 g/mol. The first-order chi connectivity index (χ1) is 9.24. The lowest BCUT2D eigenvalue weighted by Gasteiger charge is -2.16. The van der Waals surface area contributed by atoms with Crippen molar-refractivity contribution in [3.63, 3.8) is 0 Å². The summed E-state index contributed by atoms with van der Waals surface area (Å²) < 4.78 is 16.3. The number of methoxy groups -OCH3 is 1. The Hall–Kier alpha value is -1.20. The van der Waals surface area contributed by atoms with Gasteiger partial charge in [-0.2, -0.15) is 0 Å². The number of hydrogen-bond donors (Lipinski definition) is 0. The van der Waals surface area contributed by atoms with Crippen molar-refractivity contribution >= 4 is 29.0 Å². The van der Waals surface area contributed by atoms with Crippen molar-refractivity contribution in [3.05, 3.63) is 24.3 Å². The predicted molar refractivity (Wildman–Crippen MR) is 78.3 cm³/mol. The first kappa shape index (κ1) is 14.2. The van der Waals surface area contributed by atoms with Crippen LogP contribution >= 0.6 is 23.8 Å². The molecule has 0 N–H and O–H groups in total. The average Bonchev–Trinajstić information content (AvgIpc) is 2.80. The molecule has 0 spiro atoms. The van der Waals surface area contributed by atoms with E-state index in [0.29, 0.717) is 24.2 Å². The van der Waals surface area contributed by atoms with Crippen LogP contribution in [0.1, 0.15) is 0 Å². The third-order valence-electron chi connectivity index (χ3n) is 2.81. The van der Waals surface area contributed by atoms with Crippen LogP contribution < -0.4 is 9.47 Å². The number of thiocarbonyl (C=S) groups is 1. The molecule has 6 heteroatoms. The number of alkyl halides is 1. The van der Waals surface area contributed by atoms with Crippen molar-refractivity contribution in [2.45, 2.75) is 6.10 Å². The van der Waals surface area contributed by atoms with Gasteiger partial charge in [0.25, 0.3) is 5.17 Å². The normalized spacial score (nSPS) is 18.3. The maximum absolute atomic E-state index is 5.75. The summed E-state index contributed by atoms with van der Waals surface area (Å²) >= 11 is 10.9. The number of para-hydroxylation sites is 2. The summed E-state index contributed by atoms with van der Waals surface area (Å²) in [4.78, 5) is 1.96. The fourth-order valence-corrected chi connectivity index (χ4v) is 2.30. The minimum Gasteiger partial charge on any atom is -0.493 e. The molecular formula is C13H16ClNO3S. The Kier molecular flexibility index (Phi) is 5.10. The SMILES string of the molecule is COc1ccccc1OCCN1CC(CCl)OC1=S. The van der Waals surface area contributed by atoms with E-state index in [2.05, 4.69) is 0 Å². The number of ether oxygens (including phenoxy) is 3. The highest BCUT2D eigenvalue weighted by Gasteiger charge is 2.27. The van der Waals surface area contributed by atoms with Crippen molar-refractivity contribution in [1.29, 1.82) is 0 Å². The summed E-state index contributed by atoms with van der Waals surface area (Å²) in [7, 11) is 1.62. The number of benzene rings is 1. The molecule has 0 saturated carbocycles. The zero-order chi connectivity index (χ0) is 13.7. The number of hydrogen-bond acceptors (Lipinski definition) is 4. The molecule has 1 aromatic rings. The van der Waals surface area contributed by atoms with E-state index < -0.39 is 0 Å². The van der Waals surface area contributed by atoms with Gasteiger partial charge in [-0.15, -0.1) is 11.6 Å². The summed E-state index contributed by atoms with van der Waals surface area (Å²) in [5.41, 5.74) is 0. The quantitative estimate of drug-likeness (QED) is 0.594. The lowest BCUT2D eigenvalue weighted by atomic mass is 10.3. The van der Waals surface area contributed by atoms with Crippen molar-refractivity contribution in [1.82, 2.24) is 4.90 Å². The third-order valence-corrected chi connectivity index (χ3v) is 3.51. The van der Waals surface area contributed by atoms with Gasteiger partial charge in [0.2, 0.25) is 0 Å². The standard InChI is InChI=1S/C13H16ClNO3S/c1-16-11-4-2-3-5-12(11)17-7-6-15-9-10(8-14)18-13(15)19/h2-5,10H,6-9H2,1H3. The molecule has 0 amide bonds. The van der Waals surface area contributed by atoms with Crippen LogP contribution in [0.3, 0.4) is 0 Å². The molecule has 1 heterocycles. The summed E-state index contributed by atoms with van der Waals surface area (Å²) in [6, 6.07) is 7.55. The van der Waals surface area contributed by atoms with Gasteiger partial charge in [0, 0.05) is 0 Å². The molecule has 1 aliphatic rings. The van der Waals surface area contributed by atoms with E-state index >= 15 is 0 Å². The Labute approximate surface area is 123 Å². The molecule has 4 nitrogen and oxygen atoms in total. The van der Waals surface area contributed by atoms with Crippen molar-refractivity contribution in [2.24, 2.45) is 0 Å². The zero-order valence-corrected chi connectivity index (χ0v) is 12.2. The summed E-state index contributed by atoms with van der Waals surface area (Å²) in [6.45, 7) is 1.90. The molecular weight excluding hydrogens is 286 g/mol. The summed E-state index contributed by atoms with van der Waals surface area (Å²) in [5.74, 6) is 1.90. The van der Waals surface area contributed by atoms with E-state index in [1.165, 1.54) is 0 Å². The first-order valence-electron chi connectivity index (χ1n) is 6.02. The van der Waals surface area contributed by atoms with Crippen LogP contribution in [0.4, 0.5) is 0 Å². The van der Waals surface area contributed by atoms with Crippen LogP contribution in [-0.4, -0.2) is 48.9 Å². The molecule has 0 bridgehead atoms. The molecule has 2 rings (SSSR count). The van der Waals surface area contributed by atoms with Gasteiger partial charge in [-0.3, -0.25) is 0 Å². The summed E-state index contributed by atoms with van der Waals surface area (Å²) in [5, 5.41) is 0.495. The van der Waals surface area contributed by atoms with Crippen molar-refractivity contribution < 1.29 is 14.2 Å². The van der Waals surface area contributed by atoms with E-state index in [0.717, 1.165) is 18.0 Å². The molecule has 1 aliphatic heterocycles.